The Labute approximate surface area is 71.6 Å². The maximum atomic E-state index is 9.34. The lowest BCUT2D eigenvalue weighted by atomic mass is 9.79. The molecule has 0 aliphatic carbocycles. The van der Waals surface area contributed by atoms with Crippen LogP contribution in [0.1, 0.15) is 11.1 Å². The van der Waals surface area contributed by atoms with Gasteiger partial charge in [0.2, 0.25) is 0 Å². The van der Waals surface area contributed by atoms with E-state index in [1.54, 1.807) is 6.08 Å². The van der Waals surface area contributed by atoms with Gasteiger partial charge in [0.1, 0.15) is 0 Å². The number of hydrogen-bond acceptors (Lipinski definition) is 2. The molecule has 12 heavy (non-hydrogen) atoms. The third-order valence-corrected chi connectivity index (χ3v) is 2.07. The molecule has 0 fully saturated rings. The molecule has 1 aromatic rings. The molecule has 0 saturated carbocycles. The fourth-order valence-electron chi connectivity index (χ4n) is 1.36. The minimum atomic E-state index is -0.750. The van der Waals surface area contributed by atoms with Gasteiger partial charge in [-0.15, -0.1) is 0 Å². The van der Waals surface area contributed by atoms with Crippen molar-refractivity contribution >= 4 is 18.7 Å². The molecule has 0 radical (unpaired) electrons. The summed E-state index contributed by atoms with van der Waals surface area (Å²) in [6.45, 7) is 4.17. The Balaban J connectivity index is 2.50. The first-order valence-electron chi connectivity index (χ1n) is 3.86. The Hall–Kier alpha value is -1.06. The van der Waals surface area contributed by atoms with Crippen molar-refractivity contribution in [1.82, 2.24) is 0 Å². The van der Waals surface area contributed by atoms with Crippen LogP contribution in [-0.4, -0.2) is 12.1 Å². The fourth-order valence-corrected chi connectivity index (χ4v) is 1.36. The lowest BCUT2D eigenvalue weighted by Gasteiger charge is -1.98. The van der Waals surface area contributed by atoms with E-state index in [1.165, 1.54) is 0 Å². The van der Waals surface area contributed by atoms with Gasteiger partial charge in [-0.3, -0.25) is 0 Å². The second-order valence-electron chi connectivity index (χ2n) is 2.83. The quantitative estimate of drug-likeness (QED) is 0.607. The molecule has 0 amide bonds. The van der Waals surface area contributed by atoms with Gasteiger partial charge in [-0.1, -0.05) is 30.9 Å². The summed E-state index contributed by atoms with van der Waals surface area (Å²) in [7, 11) is -0.750. The molecule has 3 heteroatoms. The highest BCUT2D eigenvalue weighted by Crippen LogP contribution is 2.11. The summed E-state index contributed by atoms with van der Waals surface area (Å²) < 4.78 is 5.04. The Kier molecular flexibility index (Phi) is 1.75. The van der Waals surface area contributed by atoms with Gasteiger partial charge in [-0.2, -0.15) is 0 Å². The molecule has 1 aliphatic heterocycles. The zero-order valence-electron chi connectivity index (χ0n) is 6.66. The van der Waals surface area contributed by atoms with Gasteiger partial charge in [0.25, 0.3) is 0 Å². The molecule has 0 unspecified atom stereocenters. The first-order valence-corrected chi connectivity index (χ1v) is 3.86. The van der Waals surface area contributed by atoms with Crippen LogP contribution in [-0.2, 0) is 11.3 Å². The molecule has 1 N–H and O–H groups in total. The highest BCUT2D eigenvalue weighted by atomic mass is 16.5. The van der Waals surface area contributed by atoms with Crippen LogP contribution in [0.2, 0.25) is 0 Å². The van der Waals surface area contributed by atoms with E-state index in [-0.39, 0.29) is 0 Å². The van der Waals surface area contributed by atoms with Crippen LogP contribution in [0, 0.1) is 0 Å². The molecule has 1 aliphatic rings. The molecule has 1 aromatic carbocycles. The summed E-state index contributed by atoms with van der Waals surface area (Å²) in [6.07, 6.45) is 1.76. The summed E-state index contributed by atoms with van der Waals surface area (Å²) in [5, 5.41) is 9.34. The molecule has 0 spiro atoms. The van der Waals surface area contributed by atoms with E-state index in [0.717, 1.165) is 16.6 Å². The van der Waals surface area contributed by atoms with E-state index in [4.69, 9.17) is 4.65 Å². The minimum Gasteiger partial charge on any atom is -0.423 e. The Morgan fingerprint density at radius 1 is 1.58 bits per heavy atom. The third-order valence-electron chi connectivity index (χ3n) is 2.07. The molecule has 0 atom stereocenters. The van der Waals surface area contributed by atoms with Gasteiger partial charge in [0.15, 0.2) is 0 Å². The van der Waals surface area contributed by atoms with Crippen LogP contribution >= 0.6 is 0 Å². The van der Waals surface area contributed by atoms with E-state index in [1.807, 2.05) is 18.2 Å². The predicted octanol–water partition coefficient (Wildman–Crippen LogP) is 0.547. The molecule has 1 heterocycles. The molecule has 2 nitrogen and oxygen atoms in total. The van der Waals surface area contributed by atoms with E-state index >= 15 is 0 Å². The smallest absolute Gasteiger partial charge is 0.423 e. The van der Waals surface area contributed by atoms with Crippen LogP contribution in [0.15, 0.2) is 24.8 Å². The largest absolute Gasteiger partial charge is 0.491 e. The van der Waals surface area contributed by atoms with E-state index in [0.29, 0.717) is 6.61 Å². The second-order valence-corrected chi connectivity index (χ2v) is 2.83. The van der Waals surface area contributed by atoms with Crippen molar-refractivity contribution in [3.63, 3.8) is 0 Å². The van der Waals surface area contributed by atoms with Crippen molar-refractivity contribution in [1.29, 1.82) is 0 Å². The number of rotatable bonds is 1. The lowest BCUT2D eigenvalue weighted by molar-refractivity contribution is 0.275. The molecule has 0 saturated heterocycles. The third kappa shape index (κ3) is 1.07. The van der Waals surface area contributed by atoms with E-state index in [2.05, 4.69) is 6.58 Å². The van der Waals surface area contributed by atoms with Crippen molar-refractivity contribution in [2.75, 3.05) is 0 Å². The highest BCUT2D eigenvalue weighted by molar-refractivity contribution is 6.61. The fraction of sp³-hybridized carbons (Fsp3) is 0.111. The van der Waals surface area contributed by atoms with Crippen LogP contribution in [0.5, 0.6) is 0 Å². The van der Waals surface area contributed by atoms with Crippen molar-refractivity contribution in [3.05, 3.63) is 35.9 Å². The number of hydrogen-bond donors (Lipinski definition) is 1. The summed E-state index contributed by atoms with van der Waals surface area (Å²) >= 11 is 0. The van der Waals surface area contributed by atoms with Crippen LogP contribution in [0.25, 0.3) is 6.08 Å². The summed E-state index contributed by atoms with van der Waals surface area (Å²) in [5.74, 6) is 0. The number of benzene rings is 1. The monoisotopic (exact) mass is 160 g/mol. The summed E-state index contributed by atoms with van der Waals surface area (Å²) in [4.78, 5) is 0. The SMILES string of the molecule is C=Cc1ccc2c(c1)B(O)OC2. The van der Waals surface area contributed by atoms with Gasteiger partial charge in [0.05, 0.1) is 6.61 Å². The lowest BCUT2D eigenvalue weighted by Crippen LogP contribution is -2.28. The minimum absolute atomic E-state index is 0.508. The standard InChI is InChI=1S/C9H9BO2/c1-2-7-3-4-8-6-12-10(11)9(8)5-7/h2-5,11H,1,6H2. The van der Waals surface area contributed by atoms with Crippen molar-refractivity contribution in [2.45, 2.75) is 6.61 Å². The number of fused-ring (bicyclic) bond motifs is 1. The molecular formula is C9H9BO2. The predicted molar refractivity (Wildman–Crippen MR) is 48.9 cm³/mol. The van der Waals surface area contributed by atoms with E-state index in [9.17, 15) is 5.02 Å². The first kappa shape index (κ1) is 7.59. The Morgan fingerprint density at radius 3 is 3.17 bits per heavy atom. The normalized spacial score (nSPS) is 14.6. The van der Waals surface area contributed by atoms with Crippen LogP contribution in [0.4, 0.5) is 0 Å². The zero-order chi connectivity index (χ0) is 8.55. The Morgan fingerprint density at radius 2 is 2.42 bits per heavy atom. The first-order chi connectivity index (χ1) is 5.81. The van der Waals surface area contributed by atoms with Crippen molar-refractivity contribution in [3.8, 4) is 0 Å². The van der Waals surface area contributed by atoms with Crippen LogP contribution < -0.4 is 5.46 Å². The van der Waals surface area contributed by atoms with Gasteiger partial charge in [-0.05, 0) is 16.6 Å². The molecule has 60 valence electrons. The maximum Gasteiger partial charge on any atom is 0.491 e. The second kappa shape index (κ2) is 2.77. The highest BCUT2D eigenvalue weighted by Gasteiger charge is 2.26. The van der Waals surface area contributed by atoms with E-state index < -0.39 is 7.12 Å². The summed E-state index contributed by atoms with van der Waals surface area (Å²) in [6, 6.07) is 5.83. The zero-order valence-corrected chi connectivity index (χ0v) is 6.66. The molecule has 0 aromatic heterocycles. The molecule has 0 bridgehead atoms. The van der Waals surface area contributed by atoms with Gasteiger partial charge in [0, 0.05) is 0 Å². The van der Waals surface area contributed by atoms with Gasteiger partial charge in [-0.25, -0.2) is 0 Å². The van der Waals surface area contributed by atoms with Crippen molar-refractivity contribution < 1.29 is 9.68 Å². The topological polar surface area (TPSA) is 29.5 Å². The van der Waals surface area contributed by atoms with Crippen LogP contribution in [0.3, 0.4) is 0 Å². The van der Waals surface area contributed by atoms with Gasteiger partial charge < -0.3 is 9.68 Å². The Bertz CT molecular complexity index is 322. The van der Waals surface area contributed by atoms with Gasteiger partial charge >= 0.3 is 7.12 Å². The average Bonchev–Trinajstić information content (AvgIpc) is 2.47. The van der Waals surface area contributed by atoms with Crippen molar-refractivity contribution in [2.24, 2.45) is 0 Å². The maximum absolute atomic E-state index is 9.34. The molecular weight excluding hydrogens is 151 g/mol. The summed E-state index contributed by atoms with van der Waals surface area (Å²) in [5.41, 5.74) is 2.94. The average molecular weight is 160 g/mol. The molecule has 2 rings (SSSR count).